The van der Waals surface area contributed by atoms with Crippen molar-refractivity contribution in [3.05, 3.63) is 27.2 Å². The van der Waals surface area contributed by atoms with Crippen LogP contribution in [0.5, 0.6) is 0 Å². The van der Waals surface area contributed by atoms with Gasteiger partial charge >= 0.3 is 12.3 Å². The molecule has 1 aliphatic rings. The van der Waals surface area contributed by atoms with Gasteiger partial charge in [0.25, 0.3) is 0 Å². The summed E-state index contributed by atoms with van der Waals surface area (Å²) in [5, 5.41) is -0.489. The molecule has 1 saturated heterocycles. The van der Waals surface area contributed by atoms with Crippen molar-refractivity contribution in [1.82, 2.24) is 14.9 Å². The van der Waals surface area contributed by atoms with Crippen LogP contribution in [-0.4, -0.2) is 66.0 Å². The van der Waals surface area contributed by atoms with Gasteiger partial charge < -0.3 is 19.3 Å². The summed E-state index contributed by atoms with van der Waals surface area (Å²) < 4.78 is 65.6. The molecule has 1 fully saturated rings. The predicted molar refractivity (Wildman–Crippen MR) is 123 cm³/mol. The highest BCUT2D eigenvalue weighted by molar-refractivity contribution is 9.10. The highest BCUT2D eigenvalue weighted by Crippen LogP contribution is 2.41. The first kappa shape index (κ1) is 26.7. The number of aromatic nitrogens is 2. The van der Waals surface area contributed by atoms with Crippen molar-refractivity contribution in [2.45, 2.75) is 51.1 Å². The van der Waals surface area contributed by atoms with E-state index in [1.165, 1.54) is 12.0 Å². The zero-order valence-corrected chi connectivity index (χ0v) is 21.5. The molecule has 1 aromatic carbocycles. The molecule has 7 nitrogen and oxygen atoms in total. The van der Waals surface area contributed by atoms with E-state index < -0.39 is 45.8 Å². The van der Waals surface area contributed by atoms with Crippen molar-refractivity contribution in [3.63, 3.8) is 0 Å². The number of hydrogen-bond donors (Lipinski definition) is 0. The Morgan fingerprint density at radius 3 is 2.53 bits per heavy atom. The number of fused-ring (bicyclic) bond motifs is 1. The molecule has 34 heavy (non-hydrogen) atoms. The molecule has 0 radical (unpaired) electrons. The topological polar surface area (TPSA) is 67.8 Å². The van der Waals surface area contributed by atoms with Crippen molar-refractivity contribution >= 4 is 50.3 Å². The zero-order chi connectivity index (χ0) is 25.6. The van der Waals surface area contributed by atoms with Gasteiger partial charge in [-0.05, 0) is 60.8 Å². The summed E-state index contributed by atoms with van der Waals surface area (Å²) in [6.07, 6.45) is -4.91. The number of benzene rings is 1. The van der Waals surface area contributed by atoms with Crippen molar-refractivity contribution in [2.75, 3.05) is 32.2 Å². The van der Waals surface area contributed by atoms with E-state index >= 15 is 0 Å². The number of alkyl halides is 3. The lowest BCUT2D eigenvalue weighted by molar-refractivity contribution is -0.138. The van der Waals surface area contributed by atoms with E-state index in [9.17, 15) is 22.4 Å². The number of anilines is 1. The van der Waals surface area contributed by atoms with E-state index in [1.54, 1.807) is 32.7 Å². The highest BCUT2D eigenvalue weighted by Gasteiger charge is 2.42. The second-order valence-corrected chi connectivity index (χ2v) is 10.1. The molecular weight excluding hydrogens is 548 g/mol. The molecule has 1 amide bonds. The molecule has 1 aromatic heterocycles. The van der Waals surface area contributed by atoms with Crippen LogP contribution >= 0.6 is 27.5 Å². The minimum atomic E-state index is -4.82. The fourth-order valence-corrected chi connectivity index (χ4v) is 4.69. The first-order valence-corrected chi connectivity index (χ1v) is 11.5. The van der Waals surface area contributed by atoms with Gasteiger partial charge in [0.1, 0.15) is 16.9 Å². The number of ether oxygens (including phenoxy) is 2. The van der Waals surface area contributed by atoms with Gasteiger partial charge in [-0.1, -0.05) is 0 Å². The van der Waals surface area contributed by atoms with Gasteiger partial charge in [0.15, 0.2) is 5.82 Å². The fraction of sp³-hybridized carbons (Fsp3) is 0.571. The first-order valence-electron chi connectivity index (χ1n) is 10.3. The van der Waals surface area contributed by atoms with Gasteiger partial charge in [-0.2, -0.15) is 18.2 Å². The van der Waals surface area contributed by atoms with Crippen LogP contribution in [0.3, 0.4) is 0 Å². The van der Waals surface area contributed by atoms with Gasteiger partial charge in [0, 0.05) is 26.1 Å². The predicted octanol–water partition coefficient (Wildman–Crippen LogP) is 5.66. The molecule has 2 aromatic rings. The van der Waals surface area contributed by atoms with E-state index in [1.807, 2.05) is 0 Å². The number of rotatable bonds is 4. The van der Waals surface area contributed by atoms with Crippen LogP contribution < -0.4 is 4.90 Å². The second-order valence-electron chi connectivity index (χ2n) is 8.93. The third kappa shape index (κ3) is 5.33. The Kier molecular flexibility index (Phi) is 7.55. The van der Waals surface area contributed by atoms with Crippen LogP contribution in [0.25, 0.3) is 10.9 Å². The Morgan fingerprint density at radius 2 is 1.97 bits per heavy atom. The Balaban J connectivity index is 2.08. The molecule has 3 rings (SSSR count). The lowest BCUT2D eigenvalue weighted by Gasteiger charge is -2.34. The molecule has 188 valence electrons. The van der Waals surface area contributed by atoms with Crippen molar-refractivity contribution in [3.8, 4) is 0 Å². The maximum Gasteiger partial charge on any atom is 0.417 e. The number of likely N-dealkylation sites (tertiary alicyclic amines) is 1. The fourth-order valence-electron chi connectivity index (χ4n) is 4.00. The maximum atomic E-state index is 14.9. The van der Waals surface area contributed by atoms with Crippen molar-refractivity contribution in [1.29, 1.82) is 0 Å². The Hall–Kier alpha value is -1.92. The maximum absolute atomic E-state index is 14.9. The van der Waals surface area contributed by atoms with Gasteiger partial charge in [0.2, 0.25) is 5.28 Å². The van der Waals surface area contributed by atoms with E-state index in [2.05, 4.69) is 25.9 Å². The summed E-state index contributed by atoms with van der Waals surface area (Å²) >= 11 is 8.70. The first-order chi connectivity index (χ1) is 15.7. The van der Waals surface area contributed by atoms with E-state index in [0.29, 0.717) is 13.0 Å². The number of hydrogen-bond acceptors (Lipinski definition) is 6. The minimum absolute atomic E-state index is 0.00374. The Labute approximate surface area is 207 Å². The lowest BCUT2D eigenvalue weighted by atomic mass is 10.1. The van der Waals surface area contributed by atoms with E-state index in [-0.39, 0.29) is 28.6 Å². The van der Waals surface area contributed by atoms with Crippen LogP contribution in [0.1, 0.15) is 32.8 Å². The zero-order valence-electron chi connectivity index (χ0n) is 19.1. The van der Waals surface area contributed by atoms with Crippen molar-refractivity contribution in [2.24, 2.45) is 0 Å². The van der Waals surface area contributed by atoms with E-state index in [0.717, 1.165) is 6.07 Å². The van der Waals surface area contributed by atoms with Crippen molar-refractivity contribution < 1.29 is 31.8 Å². The van der Waals surface area contributed by atoms with Gasteiger partial charge in [-0.3, -0.25) is 0 Å². The number of carbonyl (C=O) groups excluding carboxylic acids is 1. The monoisotopic (exact) mass is 570 g/mol. The average Bonchev–Trinajstić information content (AvgIpc) is 3.12. The summed E-state index contributed by atoms with van der Waals surface area (Å²) in [6, 6.07) is -0.143. The Morgan fingerprint density at radius 1 is 1.32 bits per heavy atom. The molecule has 0 N–H and O–H groups in total. The quantitative estimate of drug-likeness (QED) is 0.348. The largest absolute Gasteiger partial charge is 0.444 e. The van der Waals surface area contributed by atoms with Crippen LogP contribution in [-0.2, 0) is 15.7 Å². The lowest BCUT2D eigenvalue weighted by Crippen LogP contribution is -2.49. The molecule has 0 spiro atoms. The van der Waals surface area contributed by atoms with Gasteiger partial charge in [0.05, 0.1) is 28.7 Å². The summed E-state index contributed by atoms with van der Waals surface area (Å²) in [5.41, 5.74) is -2.27. The highest BCUT2D eigenvalue weighted by atomic mass is 79.9. The number of carbonyl (C=O) groups is 1. The molecule has 1 aliphatic heterocycles. The smallest absolute Gasteiger partial charge is 0.417 e. The number of methoxy groups -OCH3 is 1. The van der Waals surface area contributed by atoms with Crippen LogP contribution in [0.4, 0.5) is 28.2 Å². The molecule has 2 unspecified atom stereocenters. The minimum Gasteiger partial charge on any atom is -0.444 e. The molecule has 0 aliphatic carbocycles. The van der Waals surface area contributed by atoms with E-state index in [4.69, 9.17) is 21.1 Å². The number of nitrogens with zero attached hydrogens (tertiary/aromatic N) is 4. The standard InChI is InChI=1S/C21H24BrClF4N4O3/c1-20(2,3)34-19(32)31-7-6-12(13(31)9-33-5)30(4)17-10-8-11(21(25,26)27)14(22)15(24)16(10)28-18(23)29-17/h8,12-13H,6-7,9H2,1-5H3. The summed E-state index contributed by atoms with van der Waals surface area (Å²) in [4.78, 5) is 23.8. The van der Waals surface area contributed by atoms with Gasteiger partial charge in [-0.25, -0.2) is 14.2 Å². The average molecular weight is 572 g/mol. The Bertz CT molecular complexity index is 1100. The summed E-state index contributed by atoms with van der Waals surface area (Å²) in [5.74, 6) is -1.19. The number of halogens is 6. The van der Waals surface area contributed by atoms with Gasteiger partial charge in [-0.15, -0.1) is 0 Å². The summed E-state index contributed by atoms with van der Waals surface area (Å²) in [7, 11) is 3.07. The normalized spacial score (nSPS) is 19.1. The molecule has 2 heterocycles. The third-order valence-corrected chi connectivity index (χ3v) is 6.38. The molecule has 0 bridgehead atoms. The van der Waals surface area contributed by atoms with Crippen LogP contribution in [0, 0.1) is 5.82 Å². The molecular formula is C21H24BrClF4N4O3. The van der Waals surface area contributed by atoms with Crippen LogP contribution in [0.2, 0.25) is 5.28 Å². The second kappa shape index (κ2) is 9.62. The number of amides is 1. The third-order valence-electron chi connectivity index (χ3n) is 5.44. The summed E-state index contributed by atoms with van der Waals surface area (Å²) in [6.45, 7) is 5.70. The van der Waals surface area contributed by atoms with Crippen LogP contribution in [0.15, 0.2) is 10.5 Å². The molecule has 2 atom stereocenters. The SMILES string of the molecule is COCC1C(N(C)c2nc(Cl)nc3c(F)c(Br)c(C(F)(F)F)cc23)CCN1C(=O)OC(C)(C)C. The molecule has 0 saturated carbocycles. The molecule has 13 heteroatoms. The number of likely N-dealkylation sites (N-methyl/N-ethyl adjacent to an activating group) is 1.